The van der Waals surface area contributed by atoms with E-state index in [9.17, 15) is 14.4 Å². The summed E-state index contributed by atoms with van der Waals surface area (Å²) in [5.41, 5.74) is 5.53. The number of nitrogens with two attached hydrogens (primary N) is 1. The van der Waals surface area contributed by atoms with Crippen molar-refractivity contribution in [2.24, 2.45) is 23.5 Å². The molecule has 0 saturated heterocycles. The number of imide groups is 1. The molecule has 0 aromatic heterocycles. The highest BCUT2D eigenvalue weighted by molar-refractivity contribution is 8.04. The maximum Gasteiger partial charge on any atom is 0.260 e. The van der Waals surface area contributed by atoms with Crippen molar-refractivity contribution < 1.29 is 19.1 Å². The van der Waals surface area contributed by atoms with Gasteiger partial charge >= 0.3 is 0 Å². The van der Waals surface area contributed by atoms with Gasteiger partial charge in [-0.3, -0.25) is 19.3 Å². The summed E-state index contributed by atoms with van der Waals surface area (Å²) >= 11 is 1.48. The Labute approximate surface area is 189 Å². The molecule has 4 N–H and O–H groups in total. The zero-order valence-electron chi connectivity index (χ0n) is 18.9. The second-order valence-electron chi connectivity index (χ2n) is 9.53. The van der Waals surface area contributed by atoms with Crippen molar-refractivity contribution in [1.29, 1.82) is 0 Å². The molecular formula is C22H36N4O4S. The quantitative estimate of drug-likeness (QED) is 0.388. The third-order valence-corrected chi connectivity index (χ3v) is 7.73. The molecule has 0 bridgehead atoms. The summed E-state index contributed by atoms with van der Waals surface area (Å²) < 4.78 is 6.06. The van der Waals surface area contributed by atoms with Gasteiger partial charge in [0.05, 0.1) is 11.4 Å². The standard InChI is InChI=1S/C22H36N4O4S/c1-12(2)7-17(24-4)22(29)26(11-27)13(3)8-14-9-16(10-14)30-20-18(19(23)28)31-21(25-20)15-5-6-15/h11-17,21,24-25H,5-10H2,1-4H3,(H2,23,28)/t13-,14?,16?,17?,21?/m0/s1. The number of thioether (sulfide) groups is 1. The molecule has 3 rings (SSSR count). The van der Waals surface area contributed by atoms with Crippen LogP contribution in [0.1, 0.15) is 59.3 Å². The Hall–Kier alpha value is -1.74. The molecule has 9 heteroatoms. The Morgan fingerprint density at radius 3 is 2.52 bits per heavy atom. The molecular weight excluding hydrogens is 416 g/mol. The molecule has 0 radical (unpaired) electrons. The van der Waals surface area contributed by atoms with Crippen LogP contribution >= 0.6 is 11.8 Å². The average molecular weight is 453 g/mol. The normalized spacial score (nSPS) is 27.3. The highest BCUT2D eigenvalue weighted by atomic mass is 32.2. The summed E-state index contributed by atoms with van der Waals surface area (Å²) in [6.07, 6.45) is 6.14. The minimum atomic E-state index is -0.444. The lowest BCUT2D eigenvalue weighted by molar-refractivity contribution is -0.143. The number of ether oxygens (including phenoxy) is 1. The van der Waals surface area contributed by atoms with E-state index < -0.39 is 5.91 Å². The Balaban J connectivity index is 1.48. The van der Waals surface area contributed by atoms with Crippen molar-refractivity contribution in [2.75, 3.05) is 7.05 Å². The second-order valence-corrected chi connectivity index (χ2v) is 10.7. The van der Waals surface area contributed by atoms with Gasteiger partial charge in [0.1, 0.15) is 11.0 Å². The zero-order valence-corrected chi connectivity index (χ0v) is 19.7. The Morgan fingerprint density at radius 2 is 2.00 bits per heavy atom. The minimum absolute atomic E-state index is 0.0268. The Morgan fingerprint density at radius 1 is 1.32 bits per heavy atom. The van der Waals surface area contributed by atoms with Gasteiger partial charge in [0.25, 0.3) is 5.91 Å². The Bertz CT molecular complexity index is 718. The van der Waals surface area contributed by atoms with Gasteiger partial charge in [-0.2, -0.15) is 0 Å². The number of rotatable bonds is 12. The summed E-state index contributed by atoms with van der Waals surface area (Å²) in [4.78, 5) is 38.1. The van der Waals surface area contributed by atoms with Gasteiger partial charge in [-0.1, -0.05) is 25.6 Å². The second kappa shape index (κ2) is 10.3. The molecule has 2 saturated carbocycles. The maximum atomic E-state index is 12.8. The van der Waals surface area contributed by atoms with Gasteiger partial charge < -0.3 is 21.1 Å². The first kappa shape index (κ1) is 23.9. The molecule has 3 atom stereocenters. The van der Waals surface area contributed by atoms with Crippen molar-refractivity contribution in [2.45, 2.75) is 82.9 Å². The van der Waals surface area contributed by atoms with E-state index in [-0.39, 0.29) is 29.5 Å². The van der Waals surface area contributed by atoms with Crippen molar-refractivity contribution in [3.8, 4) is 0 Å². The van der Waals surface area contributed by atoms with Crippen molar-refractivity contribution in [1.82, 2.24) is 15.5 Å². The SMILES string of the molecule is CNC(CC(C)C)C(=O)N(C=O)[C@@H](C)CC1CC(OC2=C(C(N)=O)SC(C3CC3)N2)C1. The van der Waals surface area contributed by atoms with Crippen LogP contribution < -0.4 is 16.4 Å². The molecule has 2 fully saturated rings. The largest absolute Gasteiger partial charge is 0.475 e. The van der Waals surface area contributed by atoms with Crippen LogP contribution in [-0.4, -0.2) is 53.7 Å². The predicted octanol–water partition coefficient (Wildman–Crippen LogP) is 1.91. The first-order valence-corrected chi connectivity index (χ1v) is 12.2. The number of carbonyl (C=O) groups excluding carboxylic acids is 3. The van der Waals surface area contributed by atoms with E-state index in [2.05, 4.69) is 24.5 Å². The molecule has 3 amide bonds. The highest BCUT2D eigenvalue weighted by Gasteiger charge is 2.42. The molecule has 2 aliphatic carbocycles. The first-order chi connectivity index (χ1) is 14.7. The fourth-order valence-electron chi connectivity index (χ4n) is 4.37. The molecule has 1 heterocycles. The van der Waals surface area contributed by atoms with E-state index in [0.29, 0.717) is 41.4 Å². The van der Waals surface area contributed by atoms with Gasteiger partial charge in [-0.05, 0) is 70.3 Å². The lowest BCUT2D eigenvalue weighted by atomic mass is 9.78. The van der Waals surface area contributed by atoms with Gasteiger partial charge in [0.15, 0.2) is 0 Å². The van der Waals surface area contributed by atoms with Crippen LogP contribution in [0.4, 0.5) is 0 Å². The van der Waals surface area contributed by atoms with E-state index >= 15 is 0 Å². The highest BCUT2D eigenvalue weighted by Crippen LogP contribution is 2.45. The lowest BCUT2D eigenvalue weighted by Gasteiger charge is -2.38. The van der Waals surface area contributed by atoms with E-state index in [1.165, 1.54) is 29.5 Å². The Kier molecular flexibility index (Phi) is 7.91. The van der Waals surface area contributed by atoms with E-state index in [1.54, 1.807) is 7.05 Å². The molecule has 1 aliphatic heterocycles. The number of likely N-dealkylation sites (N-methyl/N-ethyl adjacent to an activating group) is 1. The zero-order chi connectivity index (χ0) is 22.7. The molecule has 2 unspecified atom stereocenters. The number of amides is 3. The fraction of sp³-hybridized carbons (Fsp3) is 0.773. The van der Waals surface area contributed by atoms with Gasteiger partial charge in [-0.25, -0.2) is 0 Å². The first-order valence-electron chi connectivity index (χ1n) is 11.3. The van der Waals surface area contributed by atoms with Crippen molar-refractivity contribution in [3.05, 3.63) is 10.8 Å². The van der Waals surface area contributed by atoms with Crippen molar-refractivity contribution >= 4 is 30.0 Å². The molecule has 0 aromatic rings. The summed E-state index contributed by atoms with van der Waals surface area (Å²) in [6.45, 7) is 6.04. The van der Waals surface area contributed by atoms with E-state index in [1.807, 2.05) is 6.92 Å². The molecule has 8 nitrogen and oxygen atoms in total. The molecule has 174 valence electrons. The summed E-state index contributed by atoms with van der Waals surface area (Å²) in [5, 5.41) is 6.55. The summed E-state index contributed by atoms with van der Waals surface area (Å²) in [7, 11) is 1.75. The fourth-order valence-corrected chi connectivity index (χ4v) is 5.58. The van der Waals surface area contributed by atoms with Crippen LogP contribution in [0.5, 0.6) is 0 Å². The molecule has 3 aliphatic rings. The van der Waals surface area contributed by atoms with E-state index in [4.69, 9.17) is 10.5 Å². The topological polar surface area (TPSA) is 114 Å². The predicted molar refractivity (Wildman–Crippen MR) is 120 cm³/mol. The number of carbonyl (C=O) groups is 3. The van der Waals surface area contributed by atoms with Crippen LogP contribution in [0.2, 0.25) is 0 Å². The molecule has 0 spiro atoms. The molecule has 31 heavy (non-hydrogen) atoms. The molecule has 0 aromatic carbocycles. The van der Waals surface area contributed by atoms with Crippen LogP contribution in [0.3, 0.4) is 0 Å². The van der Waals surface area contributed by atoms with Crippen LogP contribution in [0.25, 0.3) is 0 Å². The van der Waals surface area contributed by atoms with Crippen LogP contribution in [0, 0.1) is 17.8 Å². The average Bonchev–Trinajstić information content (AvgIpc) is 3.44. The van der Waals surface area contributed by atoms with Crippen LogP contribution in [-0.2, 0) is 19.1 Å². The number of nitrogens with one attached hydrogen (secondary N) is 2. The lowest BCUT2D eigenvalue weighted by Crippen LogP contribution is -2.50. The number of primary amides is 1. The van der Waals surface area contributed by atoms with Gasteiger partial charge in [0, 0.05) is 6.04 Å². The van der Waals surface area contributed by atoms with Crippen LogP contribution in [0.15, 0.2) is 10.8 Å². The third kappa shape index (κ3) is 5.94. The van der Waals surface area contributed by atoms with Gasteiger partial charge in [0.2, 0.25) is 18.2 Å². The third-order valence-electron chi connectivity index (χ3n) is 6.35. The van der Waals surface area contributed by atoms with Gasteiger partial charge in [-0.15, -0.1) is 0 Å². The van der Waals surface area contributed by atoms with E-state index in [0.717, 1.165) is 19.3 Å². The smallest absolute Gasteiger partial charge is 0.260 e. The van der Waals surface area contributed by atoms with Crippen molar-refractivity contribution in [3.63, 3.8) is 0 Å². The number of hydrogen-bond donors (Lipinski definition) is 3. The summed E-state index contributed by atoms with van der Waals surface area (Å²) in [6, 6.07) is -0.520. The minimum Gasteiger partial charge on any atom is -0.475 e. The monoisotopic (exact) mass is 452 g/mol. The summed E-state index contributed by atoms with van der Waals surface area (Å²) in [5.74, 6) is 1.23. The number of nitrogens with zero attached hydrogens (tertiary/aromatic N) is 1. The number of hydrogen-bond acceptors (Lipinski definition) is 7. The maximum absolute atomic E-state index is 12.8.